The first-order valence-electron chi connectivity index (χ1n) is 6.92. The Morgan fingerprint density at radius 1 is 1.35 bits per heavy atom. The van der Waals surface area contributed by atoms with Gasteiger partial charge in [0.2, 0.25) is 5.91 Å². The minimum atomic E-state index is -0.269. The van der Waals surface area contributed by atoms with E-state index in [4.69, 9.17) is 0 Å². The highest BCUT2D eigenvalue weighted by atomic mass is 16.2. The molecular formula is C15H18N4O. The summed E-state index contributed by atoms with van der Waals surface area (Å²) >= 11 is 0. The van der Waals surface area contributed by atoms with Gasteiger partial charge in [0.1, 0.15) is 18.2 Å². The van der Waals surface area contributed by atoms with E-state index in [0.717, 1.165) is 41.8 Å². The molecule has 5 heteroatoms. The highest BCUT2D eigenvalue weighted by Gasteiger charge is 2.25. The van der Waals surface area contributed by atoms with Gasteiger partial charge in [-0.3, -0.25) is 4.79 Å². The number of hydrogen-bond acceptors (Lipinski definition) is 4. The van der Waals surface area contributed by atoms with Crippen molar-refractivity contribution in [2.24, 2.45) is 0 Å². The van der Waals surface area contributed by atoms with E-state index in [0.29, 0.717) is 0 Å². The quantitative estimate of drug-likeness (QED) is 0.926. The van der Waals surface area contributed by atoms with Crippen molar-refractivity contribution < 1.29 is 4.79 Å². The van der Waals surface area contributed by atoms with E-state index in [1.54, 1.807) is 0 Å². The second-order valence-electron chi connectivity index (χ2n) is 5.29. The second-order valence-corrected chi connectivity index (χ2v) is 5.29. The maximum absolute atomic E-state index is 12.1. The van der Waals surface area contributed by atoms with Crippen molar-refractivity contribution in [1.29, 1.82) is 0 Å². The number of fused-ring (bicyclic) bond motifs is 1. The summed E-state index contributed by atoms with van der Waals surface area (Å²) in [7, 11) is 0. The van der Waals surface area contributed by atoms with E-state index >= 15 is 0 Å². The summed E-state index contributed by atoms with van der Waals surface area (Å²) in [6, 6.07) is 5.77. The lowest BCUT2D eigenvalue weighted by Crippen LogP contribution is -2.48. The van der Waals surface area contributed by atoms with Gasteiger partial charge in [0.05, 0.1) is 5.52 Å². The average Bonchev–Trinajstić information content (AvgIpc) is 2.36. The van der Waals surface area contributed by atoms with Crippen LogP contribution in [0.2, 0.25) is 0 Å². The lowest BCUT2D eigenvalue weighted by Gasteiger charge is -2.33. The van der Waals surface area contributed by atoms with E-state index in [9.17, 15) is 4.79 Å². The van der Waals surface area contributed by atoms with Crippen LogP contribution in [0.4, 0.5) is 5.82 Å². The summed E-state index contributed by atoms with van der Waals surface area (Å²) in [4.78, 5) is 22.5. The van der Waals surface area contributed by atoms with E-state index in [-0.39, 0.29) is 11.9 Å². The van der Waals surface area contributed by atoms with Gasteiger partial charge in [-0.15, -0.1) is 0 Å². The molecule has 20 heavy (non-hydrogen) atoms. The maximum atomic E-state index is 12.1. The molecule has 2 aromatic rings. The molecule has 1 aliphatic heterocycles. The molecule has 5 nitrogen and oxygen atoms in total. The molecule has 0 aliphatic carbocycles. The summed E-state index contributed by atoms with van der Waals surface area (Å²) in [6.45, 7) is 5.65. The van der Waals surface area contributed by atoms with Crippen molar-refractivity contribution in [3.05, 3.63) is 30.1 Å². The van der Waals surface area contributed by atoms with Crippen LogP contribution < -0.4 is 5.32 Å². The number of anilines is 1. The molecular weight excluding hydrogens is 252 g/mol. The summed E-state index contributed by atoms with van der Waals surface area (Å²) in [5, 5.41) is 4.16. The Morgan fingerprint density at radius 2 is 2.15 bits per heavy atom. The number of likely N-dealkylation sites (tertiary alicyclic amines) is 1. The number of carbonyl (C=O) groups excluding carboxylic acids is 1. The fourth-order valence-corrected chi connectivity index (χ4v) is 2.36. The van der Waals surface area contributed by atoms with Crippen molar-refractivity contribution in [2.45, 2.75) is 26.3 Å². The zero-order valence-corrected chi connectivity index (χ0v) is 11.8. The summed E-state index contributed by atoms with van der Waals surface area (Å²) in [6.07, 6.45) is 2.64. The minimum absolute atomic E-state index is 0.134. The minimum Gasteiger partial charge on any atom is -0.358 e. The molecule has 104 valence electrons. The Hall–Kier alpha value is -2.17. The normalized spacial score (nSPS) is 15.8. The third kappa shape index (κ3) is 2.31. The largest absolute Gasteiger partial charge is 0.358 e. The van der Waals surface area contributed by atoms with Crippen molar-refractivity contribution in [3.63, 3.8) is 0 Å². The van der Waals surface area contributed by atoms with Gasteiger partial charge >= 0.3 is 0 Å². The molecule has 0 saturated carbocycles. The van der Waals surface area contributed by atoms with E-state index < -0.39 is 0 Å². The van der Waals surface area contributed by atoms with Gasteiger partial charge in [-0.05, 0) is 38.0 Å². The van der Waals surface area contributed by atoms with Gasteiger partial charge in [0.25, 0.3) is 0 Å². The number of amides is 1. The van der Waals surface area contributed by atoms with Gasteiger partial charge in [0.15, 0.2) is 0 Å². The molecule has 1 aromatic carbocycles. The predicted molar refractivity (Wildman–Crippen MR) is 78.6 cm³/mol. The molecule has 3 rings (SSSR count). The van der Waals surface area contributed by atoms with Crippen LogP contribution in [-0.4, -0.2) is 39.9 Å². The van der Waals surface area contributed by atoms with E-state index in [1.165, 1.54) is 6.33 Å². The fraction of sp³-hybridized carbons (Fsp3) is 0.400. The molecule has 0 radical (unpaired) electrons. The van der Waals surface area contributed by atoms with Crippen molar-refractivity contribution in [2.75, 3.05) is 18.4 Å². The Labute approximate surface area is 118 Å². The third-order valence-corrected chi connectivity index (χ3v) is 3.68. The molecule has 0 spiro atoms. The number of rotatable bonds is 3. The summed E-state index contributed by atoms with van der Waals surface area (Å²) < 4.78 is 0. The molecule has 1 N–H and O–H groups in total. The van der Waals surface area contributed by atoms with Gasteiger partial charge in [-0.2, -0.15) is 0 Å². The molecule has 0 unspecified atom stereocenters. The van der Waals surface area contributed by atoms with Gasteiger partial charge < -0.3 is 10.2 Å². The van der Waals surface area contributed by atoms with Crippen molar-refractivity contribution in [3.8, 4) is 0 Å². The van der Waals surface area contributed by atoms with Crippen molar-refractivity contribution >= 4 is 22.6 Å². The maximum Gasteiger partial charge on any atom is 0.244 e. The number of carbonyl (C=O) groups is 1. The van der Waals surface area contributed by atoms with E-state index in [2.05, 4.69) is 15.3 Å². The number of aromatic nitrogens is 2. The third-order valence-electron chi connectivity index (χ3n) is 3.68. The number of nitrogens with one attached hydrogen (secondary N) is 1. The van der Waals surface area contributed by atoms with E-state index in [1.807, 2.05) is 36.9 Å². The van der Waals surface area contributed by atoms with Crippen LogP contribution in [0.15, 0.2) is 24.5 Å². The lowest BCUT2D eigenvalue weighted by atomic mass is 10.1. The van der Waals surface area contributed by atoms with Crippen LogP contribution in [0.25, 0.3) is 10.9 Å². The topological polar surface area (TPSA) is 58.1 Å². The first-order valence-corrected chi connectivity index (χ1v) is 6.92. The molecule has 2 heterocycles. The van der Waals surface area contributed by atoms with Crippen LogP contribution in [0, 0.1) is 6.92 Å². The Bertz CT molecular complexity index is 651. The van der Waals surface area contributed by atoms with Crippen LogP contribution in [0.5, 0.6) is 0 Å². The van der Waals surface area contributed by atoms with Gasteiger partial charge in [-0.25, -0.2) is 9.97 Å². The highest BCUT2D eigenvalue weighted by Crippen LogP contribution is 2.21. The highest BCUT2D eigenvalue weighted by molar-refractivity contribution is 5.92. The predicted octanol–water partition coefficient (Wildman–Crippen LogP) is 1.97. The van der Waals surface area contributed by atoms with Gasteiger partial charge in [0, 0.05) is 18.5 Å². The average molecular weight is 270 g/mol. The fourth-order valence-electron chi connectivity index (χ4n) is 2.36. The molecule has 1 aromatic heterocycles. The Balaban J connectivity index is 1.85. The lowest BCUT2D eigenvalue weighted by molar-refractivity contribution is -0.135. The summed E-state index contributed by atoms with van der Waals surface area (Å²) in [5.41, 5.74) is 2.05. The number of nitrogens with zero attached hydrogens (tertiary/aromatic N) is 3. The SMILES string of the molecule is Cc1ccc2c(N[C@H](C)C(=O)N3CCC3)ncnc2c1. The monoisotopic (exact) mass is 270 g/mol. The Kier molecular flexibility index (Phi) is 3.26. The van der Waals surface area contributed by atoms with Crippen molar-refractivity contribution in [1.82, 2.24) is 14.9 Å². The molecule has 1 aliphatic rings. The number of hydrogen-bond donors (Lipinski definition) is 1. The zero-order valence-electron chi connectivity index (χ0n) is 11.8. The molecule has 0 bridgehead atoms. The Morgan fingerprint density at radius 3 is 2.85 bits per heavy atom. The number of aryl methyl sites for hydroxylation is 1. The van der Waals surface area contributed by atoms with Crippen LogP contribution >= 0.6 is 0 Å². The zero-order chi connectivity index (χ0) is 14.1. The standard InChI is InChI=1S/C15H18N4O/c1-10-4-5-12-13(8-10)16-9-17-14(12)18-11(2)15(20)19-6-3-7-19/h4-5,8-9,11H,3,6-7H2,1-2H3,(H,16,17,18)/t11-/m1/s1. The van der Waals surface area contributed by atoms with Crippen LogP contribution in [0.1, 0.15) is 18.9 Å². The van der Waals surface area contributed by atoms with Crippen LogP contribution in [0.3, 0.4) is 0 Å². The first-order chi connectivity index (χ1) is 9.65. The van der Waals surface area contributed by atoms with Gasteiger partial charge in [-0.1, -0.05) is 6.07 Å². The molecule has 1 fully saturated rings. The van der Waals surface area contributed by atoms with Crippen LogP contribution in [-0.2, 0) is 4.79 Å². The molecule has 1 atom stereocenters. The number of benzene rings is 1. The summed E-state index contributed by atoms with van der Waals surface area (Å²) in [5.74, 6) is 0.853. The second kappa shape index (κ2) is 5.07. The first kappa shape index (κ1) is 12.8. The molecule has 1 amide bonds. The smallest absolute Gasteiger partial charge is 0.244 e. The molecule has 1 saturated heterocycles.